The molecule has 0 N–H and O–H groups in total. The van der Waals surface area contributed by atoms with Crippen molar-refractivity contribution in [1.82, 2.24) is 14.7 Å². The van der Waals surface area contributed by atoms with E-state index in [4.69, 9.17) is 0 Å². The normalized spacial score (nSPS) is 11.1. The van der Waals surface area contributed by atoms with Crippen LogP contribution in [0.1, 0.15) is 10.4 Å². The topological polar surface area (TPSA) is 21.1 Å². The second-order valence-electron chi connectivity index (χ2n) is 4.74. The minimum Gasteiger partial charge on any atom is -0.275 e. The number of thiophene rings is 1. The Morgan fingerprint density at radius 3 is 2.60 bits per heavy atom. The monoisotopic (exact) mass is 283 g/mol. The fourth-order valence-corrected chi connectivity index (χ4v) is 2.96. The number of aromatic nitrogens is 2. The number of hydrogen-bond donors (Lipinski definition) is 0. The maximum absolute atomic E-state index is 4.31. The first-order valence-electron chi connectivity index (χ1n) is 6.66. The van der Waals surface area contributed by atoms with Gasteiger partial charge in [0.05, 0.1) is 6.67 Å². The molecule has 1 aromatic carbocycles. The predicted molar refractivity (Wildman–Crippen MR) is 82.2 cm³/mol. The molecule has 0 fully saturated rings. The second kappa shape index (κ2) is 6.50. The van der Waals surface area contributed by atoms with Crippen molar-refractivity contribution in [1.29, 1.82) is 0 Å². The lowest BCUT2D eigenvalue weighted by molar-refractivity contribution is 0.191. The highest BCUT2D eigenvalue weighted by atomic mass is 32.1. The Hall–Kier alpha value is -1.91. The van der Waals surface area contributed by atoms with E-state index >= 15 is 0 Å². The van der Waals surface area contributed by atoms with Crippen LogP contribution < -0.4 is 0 Å². The summed E-state index contributed by atoms with van der Waals surface area (Å²) in [5, 5.41) is 6.43. The largest absolute Gasteiger partial charge is 0.275 e. The summed E-state index contributed by atoms with van der Waals surface area (Å²) in [4.78, 5) is 3.78. The average Bonchev–Trinajstić information content (AvgIpc) is 3.13. The van der Waals surface area contributed by atoms with Crippen molar-refractivity contribution in [2.75, 3.05) is 0 Å². The van der Waals surface area contributed by atoms with E-state index in [0.29, 0.717) is 0 Å². The number of nitrogens with zero attached hydrogens (tertiary/aromatic N) is 3. The molecule has 2 heterocycles. The van der Waals surface area contributed by atoms with Crippen molar-refractivity contribution in [3.8, 4) is 0 Å². The first-order valence-corrected chi connectivity index (χ1v) is 7.54. The highest BCUT2D eigenvalue weighted by molar-refractivity contribution is 7.09. The third-order valence-corrected chi connectivity index (χ3v) is 3.97. The van der Waals surface area contributed by atoms with Crippen LogP contribution in [0, 0.1) is 0 Å². The van der Waals surface area contributed by atoms with E-state index in [1.807, 2.05) is 23.1 Å². The Balaban J connectivity index is 1.72. The fraction of sp³-hybridized carbons (Fsp3) is 0.188. The molecule has 0 bridgehead atoms. The van der Waals surface area contributed by atoms with Gasteiger partial charge < -0.3 is 0 Å². The van der Waals surface area contributed by atoms with Crippen LogP contribution in [0.25, 0.3) is 0 Å². The predicted octanol–water partition coefficient (Wildman–Crippen LogP) is 3.60. The van der Waals surface area contributed by atoms with Gasteiger partial charge in [0.25, 0.3) is 0 Å². The Bertz CT molecular complexity index is 566. The van der Waals surface area contributed by atoms with Gasteiger partial charge in [0.15, 0.2) is 0 Å². The van der Waals surface area contributed by atoms with Crippen molar-refractivity contribution in [3.05, 3.63) is 76.7 Å². The minimum atomic E-state index is 0.805. The number of hydrogen-bond acceptors (Lipinski definition) is 3. The fourth-order valence-electron chi connectivity index (χ4n) is 2.21. The zero-order chi connectivity index (χ0) is 13.6. The molecule has 3 rings (SSSR count). The van der Waals surface area contributed by atoms with Gasteiger partial charge >= 0.3 is 0 Å². The van der Waals surface area contributed by atoms with E-state index in [0.717, 1.165) is 19.8 Å². The van der Waals surface area contributed by atoms with Crippen molar-refractivity contribution in [2.24, 2.45) is 0 Å². The minimum absolute atomic E-state index is 0.805. The van der Waals surface area contributed by atoms with Gasteiger partial charge in [0.2, 0.25) is 0 Å². The molecule has 0 aliphatic carbocycles. The van der Waals surface area contributed by atoms with Crippen LogP contribution in [0.15, 0.2) is 66.3 Å². The lowest BCUT2D eigenvalue weighted by Gasteiger charge is -2.21. The van der Waals surface area contributed by atoms with Gasteiger partial charge in [-0.2, -0.15) is 5.10 Å². The SMILES string of the molecule is c1ccc(CN(Cc2cccs2)Cn2cccn2)cc1. The van der Waals surface area contributed by atoms with Crippen molar-refractivity contribution in [3.63, 3.8) is 0 Å². The molecule has 0 saturated heterocycles. The van der Waals surface area contributed by atoms with E-state index in [1.165, 1.54) is 10.4 Å². The molecule has 0 amide bonds. The van der Waals surface area contributed by atoms with Crippen molar-refractivity contribution >= 4 is 11.3 Å². The Morgan fingerprint density at radius 1 is 1.00 bits per heavy atom. The van der Waals surface area contributed by atoms with E-state index < -0.39 is 0 Å². The highest BCUT2D eigenvalue weighted by Crippen LogP contribution is 2.15. The molecule has 0 atom stereocenters. The van der Waals surface area contributed by atoms with Gasteiger partial charge in [-0.25, -0.2) is 0 Å². The molecule has 3 aromatic rings. The van der Waals surface area contributed by atoms with Crippen LogP contribution in [-0.2, 0) is 19.8 Å². The molecule has 0 unspecified atom stereocenters. The zero-order valence-electron chi connectivity index (χ0n) is 11.2. The first kappa shape index (κ1) is 13.1. The second-order valence-corrected chi connectivity index (χ2v) is 5.77. The van der Waals surface area contributed by atoms with E-state index in [1.54, 1.807) is 11.3 Å². The van der Waals surface area contributed by atoms with E-state index in [-0.39, 0.29) is 0 Å². The zero-order valence-corrected chi connectivity index (χ0v) is 12.0. The van der Waals surface area contributed by atoms with Crippen LogP contribution in [0.3, 0.4) is 0 Å². The summed E-state index contributed by atoms with van der Waals surface area (Å²) in [5.41, 5.74) is 1.33. The molecule has 0 aliphatic rings. The summed E-state index contributed by atoms with van der Waals surface area (Å²) in [6, 6.07) is 16.8. The number of rotatable bonds is 6. The molecule has 20 heavy (non-hydrogen) atoms. The summed E-state index contributed by atoms with van der Waals surface area (Å²) >= 11 is 1.80. The van der Waals surface area contributed by atoms with Crippen LogP contribution in [0.5, 0.6) is 0 Å². The highest BCUT2D eigenvalue weighted by Gasteiger charge is 2.08. The van der Waals surface area contributed by atoms with Crippen molar-refractivity contribution in [2.45, 2.75) is 19.8 Å². The maximum atomic E-state index is 4.31. The lowest BCUT2D eigenvalue weighted by Crippen LogP contribution is -2.25. The van der Waals surface area contributed by atoms with Gasteiger partial charge in [-0.05, 0) is 23.1 Å². The van der Waals surface area contributed by atoms with Gasteiger partial charge in [-0.1, -0.05) is 36.4 Å². The average molecular weight is 283 g/mol. The molecule has 2 aromatic heterocycles. The lowest BCUT2D eigenvalue weighted by atomic mass is 10.2. The summed E-state index contributed by atoms with van der Waals surface area (Å²) in [6.07, 6.45) is 3.83. The molecule has 0 aliphatic heterocycles. The molecule has 4 heteroatoms. The van der Waals surface area contributed by atoms with Crippen LogP contribution in [0.4, 0.5) is 0 Å². The summed E-state index contributed by atoms with van der Waals surface area (Å²) in [5.74, 6) is 0. The Kier molecular flexibility index (Phi) is 4.25. The van der Waals surface area contributed by atoms with E-state index in [9.17, 15) is 0 Å². The summed E-state index contributed by atoms with van der Waals surface area (Å²) < 4.78 is 1.97. The van der Waals surface area contributed by atoms with Crippen LogP contribution >= 0.6 is 11.3 Å². The third-order valence-electron chi connectivity index (χ3n) is 3.11. The van der Waals surface area contributed by atoms with Crippen LogP contribution in [0.2, 0.25) is 0 Å². The smallest absolute Gasteiger partial charge is 0.0934 e. The maximum Gasteiger partial charge on any atom is 0.0934 e. The Morgan fingerprint density at radius 2 is 1.90 bits per heavy atom. The molecular formula is C16H17N3S. The third kappa shape index (κ3) is 3.56. The van der Waals surface area contributed by atoms with Gasteiger partial charge in [0.1, 0.15) is 0 Å². The van der Waals surface area contributed by atoms with Gasteiger partial charge in [-0.15, -0.1) is 11.3 Å². The van der Waals surface area contributed by atoms with Crippen molar-refractivity contribution < 1.29 is 0 Å². The molecule has 102 valence electrons. The standard InChI is InChI=1S/C16H17N3S/c1-2-6-15(7-3-1)12-18(13-16-8-4-11-20-16)14-19-10-5-9-17-19/h1-11H,12-14H2. The number of benzene rings is 1. The summed E-state index contributed by atoms with van der Waals surface area (Å²) in [7, 11) is 0. The first-order chi connectivity index (χ1) is 9.90. The van der Waals surface area contributed by atoms with E-state index in [2.05, 4.69) is 57.8 Å². The van der Waals surface area contributed by atoms with Gasteiger partial charge in [-0.3, -0.25) is 9.58 Å². The molecule has 0 saturated carbocycles. The van der Waals surface area contributed by atoms with Crippen LogP contribution in [-0.4, -0.2) is 14.7 Å². The molecule has 3 nitrogen and oxygen atoms in total. The van der Waals surface area contributed by atoms with Gasteiger partial charge in [0, 0.05) is 30.4 Å². The Labute approximate surface area is 123 Å². The quantitative estimate of drug-likeness (QED) is 0.689. The molecule has 0 spiro atoms. The summed E-state index contributed by atoms with van der Waals surface area (Å²) in [6.45, 7) is 2.69. The molecule has 0 radical (unpaired) electrons. The molecular weight excluding hydrogens is 266 g/mol.